The van der Waals surface area contributed by atoms with Gasteiger partial charge in [-0.2, -0.15) is 4.98 Å². The number of rotatable bonds is 5. The molecule has 2 aromatic rings. The third kappa shape index (κ3) is 3.88. The number of anilines is 2. The zero-order chi connectivity index (χ0) is 18.7. The maximum atomic E-state index is 14.3. The maximum absolute atomic E-state index is 14.3. The van der Waals surface area contributed by atoms with Crippen molar-refractivity contribution in [3.8, 4) is 11.5 Å². The van der Waals surface area contributed by atoms with Crippen LogP contribution in [0.2, 0.25) is 0 Å². The summed E-state index contributed by atoms with van der Waals surface area (Å²) in [6, 6.07) is 4.44. The van der Waals surface area contributed by atoms with E-state index >= 15 is 0 Å². The molecule has 0 bridgehead atoms. The van der Waals surface area contributed by atoms with Crippen LogP contribution in [-0.4, -0.2) is 55.3 Å². The number of nitrogens with one attached hydrogen (secondary N) is 1. The van der Waals surface area contributed by atoms with Gasteiger partial charge in [-0.25, -0.2) is 4.39 Å². The van der Waals surface area contributed by atoms with E-state index in [2.05, 4.69) is 14.9 Å². The Balaban J connectivity index is 1.66. The maximum Gasteiger partial charge on any atom is 0.254 e. The molecule has 1 aromatic heterocycles. The Morgan fingerprint density at radius 3 is 2.42 bits per heavy atom. The SMILES string of the molecule is COc1cc(F)c(CN2CCN(c3cc(=O)[nH]c(N)n3)CC2)cc1OC. The van der Waals surface area contributed by atoms with Crippen LogP contribution in [0.3, 0.4) is 0 Å². The molecule has 26 heavy (non-hydrogen) atoms. The van der Waals surface area contributed by atoms with E-state index in [1.54, 1.807) is 6.07 Å². The monoisotopic (exact) mass is 363 g/mol. The van der Waals surface area contributed by atoms with E-state index in [4.69, 9.17) is 15.2 Å². The number of piperazine rings is 1. The fraction of sp³-hybridized carbons (Fsp3) is 0.412. The van der Waals surface area contributed by atoms with Crippen molar-refractivity contribution >= 4 is 11.8 Å². The molecule has 0 saturated carbocycles. The minimum absolute atomic E-state index is 0.0994. The zero-order valence-electron chi connectivity index (χ0n) is 14.8. The van der Waals surface area contributed by atoms with Gasteiger partial charge in [-0.3, -0.25) is 14.7 Å². The van der Waals surface area contributed by atoms with Crippen LogP contribution in [-0.2, 0) is 6.54 Å². The highest BCUT2D eigenvalue weighted by molar-refractivity contribution is 5.44. The molecule has 0 aliphatic carbocycles. The summed E-state index contributed by atoms with van der Waals surface area (Å²) in [5.74, 6) is 1.21. The number of benzene rings is 1. The van der Waals surface area contributed by atoms with Crippen LogP contribution in [0, 0.1) is 5.82 Å². The van der Waals surface area contributed by atoms with Crippen LogP contribution >= 0.6 is 0 Å². The molecule has 3 rings (SSSR count). The second kappa shape index (κ2) is 7.61. The molecule has 1 saturated heterocycles. The van der Waals surface area contributed by atoms with Gasteiger partial charge in [0.05, 0.1) is 14.2 Å². The molecule has 9 heteroatoms. The van der Waals surface area contributed by atoms with Gasteiger partial charge in [-0.1, -0.05) is 0 Å². The number of aromatic nitrogens is 2. The summed E-state index contributed by atoms with van der Waals surface area (Å²) in [6.07, 6.45) is 0. The average molecular weight is 363 g/mol. The molecule has 2 heterocycles. The molecule has 8 nitrogen and oxygen atoms in total. The number of aromatic amines is 1. The minimum Gasteiger partial charge on any atom is -0.493 e. The summed E-state index contributed by atoms with van der Waals surface area (Å²) in [5, 5.41) is 0. The van der Waals surface area contributed by atoms with Crippen LogP contribution in [0.15, 0.2) is 23.0 Å². The molecule has 1 aliphatic rings. The first-order chi connectivity index (χ1) is 12.5. The summed E-state index contributed by atoms with van der Waals surface area (Å²) in [4.78, 5) is 22.3. The van der Waals surface area contributed by atoms with Crippen LogP contribution < -0.4 is 25.7 Å². The van der Waals surface area contributed by atoms with E-state index in [0.717, 1.165) is 0 Å². The fourth-order valence-electron chi connectivity index (χ4n) is 3.02. The Bertz CT molecular complexity index is 834. The Hall–Kier alpha value is -2.81. The number of hydrogen-bond acceptors (Lipinski definition) is 7. The molecule has 1 aromatic carbocycles. The number of nitrogens with zero attached hydrogens (tertiary/aromatic N) is 3. The Kier molecular flexibility index (Phi) is 5.27. The van der Waals surface area contributed by atoms with Crippen LogP contribution in [0.25, 0.3) is 0 Å². The first kappa shape index (κ1) is 18.0. The van der Waals surface area contributed by atoms with Gasteiger partial charge in [-0.15, -0.1) is 0 Å². The molecule has 0 atom stereocenters. The molecule has 0 unspecified atom stereocenters. The largest absolute Gasteiger partial charge is 0.493 e. The molecule has 0 spiro atoms. The topological polar surface area (TPSA) is 96.7 Å². The standard InChI is InChI=1S/C17H22FN5O3/c1-25-13-7-11(12(18)8-14(13)26-2)10-22-3-5-23(6-4-22)15-9-16(24)21-17(19)20-15/h7-9H,3-6,10H2,1-2H3,(H3,19,20,21,24). The Labute approximate surface area is 150 Å². The number of halogens is 1. The van der Waals surface area contributed by atoms with E-state index in [0.29, 0.717) is 55.6 Å². The van der Waals surface area contributed by atoms with E-state index < -0.39 is 0 Å². The van der Waals surface area contributed by atoms with Gasteiger partial charge in [0.2, 0.25) is 5.95 Å². The first-order valence-electron chi connectivity index (χ1n) is 8.24. The van der Waals surface area contributed by atoms with E-state index in [1.807, 2.05) is 4.90 Å². The number of methoxy groups -OCH3 is 2. The molecular formula is C17H22FN5O3. The number of nitrogens with two attached hydrogens (primary N) is 1. The Morgan fingerprint density at radius 2 is 1.81 bits per heavy atom. The lowest BCUT2D eigenvalue weighted by molar-refractivity contribution is 0.245. The quantitative estimate of drug-likeness (QED) is 0.812. The third-order valence-corrected chi connectivity index (χ3v) is 4.39. The molecule has 1 fully saturated rings. The third-order valence-electron chi connectivity index (χ3n) is 4.39. The lowest BCUT2D eigenvalue weighted by Gasteiger charge is -2.35. The predicted octanol–water partition coefficient (Wildman–Crippen LogP) is 0.831. The number of ether oxygens (including phenoxy) is 2. The van der Waals surface area contributed by atoms with E-state index in [1.165, 1.54) is 26.4 Å². The number of H-pyrrole nitrogens is 1. The second-order valence-electron chi connectivity index (χ2n) is 6.05. The Morgan fingerprint density at radius 1 is 1.15 bits per heavy atom. The lowest BCUT2D eigenvalue weighted by Crippen LogP contribution is -2.46. The zero-order valence-corrected chi connectivity index (χ0v) is 14.8. The molecule has 1 aliphatic heterocycles. The van der Waals surface area contributed by atoms with Crippen molar-refractivity contribution in [2.45, 2.75) is 6.54 Å². The normalized spacial score (nSPS) is 15.1. The predicted molar refractivity (Wildman–Crippen MR) is 96.3 cm³/mol. The highest BCUT2D eigenvalue weighted by Crippen LogP contribution is 2.30. The second-order valence-corrected chi connectivity index (χ2v) is 6.05. The first-order valence-corrected chi connectivity index (χ1v) is 8.24. The molecule has 0 radical (unpaired) electrons. The van der Waals surface area contributed by atoms with Crippen molar-refractivity contribution in [3.05, 3.63) is 39.9 Å². The van der Waals surface area contributed by atoms with Crippen molar-refractivity contribution in [2.24, 2.45) is 0 Å². The number of hydrogen-bond donors (Lipinski definition) is 2. The van der Waals surface area contributed by atoms with Gasteiger partial charge in [0, 0.05) is 50.4 Å². The van der Waals surface area contributed by atoms with E-state index in [-0.39, 0.29) is 17.3 Å². The summed E-state index contributed by atoms with van der Waals surface area (Å²) >= 11 is 0. The molecule has 3 N–H and O–H groups in total. The summed E-state index contributed by atoms with van der Waals surface area (Å²) in [6.45, 7) is 3.23. The number of nitrogen functional groups attached to an aromatic ring is 1. The molecule has 140 valence electrons. The summed E-state index contributed by atoms with van der Waals surface area (Å²) in [5.41, 5.74) is 5.87. The summed E-state index contributed by atoms with van der Waals surface area (Å²) < 4.78 is 24.7. The van der Waals surface area contributed by atoms with Gasteiger partial charge in [0.25, 0.3) is 5.56 Å². The van der Waals surface area contributed by atoms with Crippen molar-refractivity contribution in [1.29, 1.82) is 0 Å². The smallest absolute Gasteiger partial charge is 0.254 e. The molecular weight excluding hydrogens is 341 g/mol. The van der Waals surface area contributed by atoms with Crippen LogP contribution in [0.1, 0.15) is 5.56 Å². The van der Waals surface area contributed by atoms with Crippen molar-refractivity contribution < 1.29 is 13.9 Å². The lowest BCUT2D eigenvalue weighted by atomic mass is 10.1. The van der Waals surface area contributed by atoms with Gasteiger partial charge in [0.1, 0.15) is 11.6 Å². The fourth-order valence-corrected chi connectivity index (χ4v) is 3.02. The van der Waals surface area contributed by atoms with Crippen molar-refractivity contribution in [2.75, 3.05) is 51.0 Å². The van der Waals surface area contributed by atoms with Gasteiger partial charge >= 0.3 is 0 Å². The average Bonchev–Trinajstić information content (AvgIpc) is 2.62. The van der Waals surface area contributed by atoms with Crippen LogP contribution in [0.5, 0.6) is 11.5 Å². The van der Waals surface area contributed by atoms with Gasteiger partial charge < -0.3 is 20.1 Å². The van der Waals surface area contributed by atoms with Gasteiger partial charge in [-0.05, 0) is 6.07 Å². The molecule has 0 amide bonds. The van der Waals surface area contributed by atoms with Gasteiger partial charge in [0.15, 0.2) is 11.5 Å². The highest BCUT2D eigenvalue weighted by Gasteiger charge is 2.21. The summed E-state index contributed by atoms with van der Waals surface area (Å²) in [7, 11) is 3.00. The van der Waals surface area contributed by atoms with E-state index in [9.17, 15) is 9.18 Å². The van der Waals surface area contributed by atoms with Crippen LogP contribution in [0.4, 0.5) is 16.2 Å². The minimum atomic E-state index is -0.325. The van der Waals surface area contributed by atoms with Crippen molar-refractivity contribution in [1.82, 2.24) is 14.9 Å². The highest BCUT2D eigenvalue weighted by atomic mass is 19.1. The van der Waals surface area contributed by atoms with Crippen molar-refractivity contribution in [3.63, 3.8) is 0 Å².